The molecular weight excluding hydrogens is 222 g/mol. The SMILES string of the molecule is CC(C)Oc1nc(Cl)nc(OCCO)n1. The van der Waals surface area contributed by atoms with Crippen LogP contribution in [0.5, 0.6) is 12.0 Å². The van der Waals surface area contributed by atoms with E-state index in [-0.39, 0.29) is 36.6 Å². The van der Waals surface area contributed by atoms with Crippen LogP contribution in [0.15, 0.2) is 0 Å². The molecule has 0 atom stereocenters. The molecule has 0 bridgehead atoms. The Morgan fingerprint density at radius 2 is 1.93 bits per heavy atom. The van der Waals surface area contributed by atoms with Crippen LogP contribution in [0.25, 0.3) is 0 Å². The molecule has 0 saturated carbocycles. The molecule has 6 nitrogen and oxygen atoms in total. The fraction of sp³-hybridized carbons (Fsp3) is 0.625. The summed E-state index contributed by atoms with van der Waals surface area (Å²) < 4.78 is 10.2. The average molecular weight is 234 g/mol. The lowest BCUT2D eigenvalue weighted by atomic mass is 10.5. The molecule has 84 valence electrons. The number of nitrogens with zero attached hydrogens (tertiary/aromatic N) is 3. The lowest BCUT2D eigenvalue weighted by Gasteiger charge is -2.08. The summed E-state index contributed by atoms with van der Waals surface area (Å²) in [5.74, 6) is 0. The minimum atomic E-state index is -0.121. The maximum absolute atomic E-state index is 8.55. The van der Waals surface area contributed by atoms with E-state index < -0.39 is 0 Å². The number of rotatable bonds is 5. The maximum atomic E-state index is 8.55. The van der Waals surface area contributed by atoms with E-state index in [1.54, 1.807) is 0 Å². The minimum absolute atomic E-state index is 0.00594. The third-order valence-corrected chi connectivity index (χ3v) is 1.40. The first-order valence-electron chi connectivity index (χ1n) is 4.43. The van der Waals surface area contributed by atoms with Crippen molar-refractivity contribution in [2.45, 2.75) is 20.0 Å². The van der Waals surface area contributed by atoms with E-state index in [9.17, 15) is 0 Å². The standard InChI is InChI=1S/C8H12ClN3O3/c1-5(2)15-8-11-6(9)10-7(12-8)14-4-3-13/h5,13H,3-4H2,1-2H3. The van der Waals surface area contributed by atoms with Gasteiger partial charge in [-0.1, -0.05) is 0 Å². The maximum Gasteiger partial charge on any atom is 0.324 e. The highest BCUT2D eigenvalue weighted by Crippen LogP contribution is 2.13. The van der Waals surface area contributed by atoms with Crippen LogP contribution in [0.4, 0.5) is 0 Å². The lowest BCUT2D eigenvalue weighted by molar-refractivity contribution is 0.182. The molecule has 1 aromatic heterocycles. The third-order valence-electron chi connectivity index (χ3n) is 1.23. The van der Waals surface area contributed by atoms with Crippen LogP contribution in [0.1, 0.15) is 13.8 Å². The summed E-state index contributed by atoms with van der Waals surface area (Å²) in [6.07, 6.45) is -0.0610. The zero-order chi connectivity index (χ0) is 11.3. The third kappa shape index (κ3) is 4.26. The molecule has 1 heterocycles. The lowest BCUT2D eigenvalue weighted by Crippen LogP contribution is -2.11. The molecule has 0 aliphatic heterocycles. The Morgan fingerprint density at radius 3 is 2.53 bits per heavy atom. The average Bonchev–Trinajstić information content (AvgIpc) is 2.12. The van der Waals surface area contributed by atoms with E-state index >= 15 is 0 Å². The van der Waals surface area contributed by atoms with Gasteiger partial charge in [0.1, 0.15) is 6.61 Å². The monoisotopic (exact) mass is 233 g/mol. The first kappa shape index (κ1) is 11.9. The van der Waals surface area contributed by atoms with Crippen LogP contribution >= 0.6 is 11.6 Å². The first-order chi connectivity index (χ1) is 7.11. The molecule has 0 unspecified atom stereocenters. The highest BCUT2D eigenvalue weighted by molar-refractivity contribution is 6.28. The Hall–Kier alpha value is -1.14. The van der Waals surface area contributed by atoms with Gasteiger partial charge in [0.2, 0.25) is 5.28 Å². The van der Waals surface area contributed by atoms with Gasteiger partial charge >= 0.3 is 12.0 Å². The molecule has 0 saturated heterocycles. The van der Waals surface area contributed by atoms with Crippen LogP contribution in [0, 0.1) is 0 Å². The van der Waals surface area contributed by atoms with Crippen molar-refractivity contribution in [3.8, 4) is 12.0 Å². The number of hydrogen-bond acceptors (Lipinski definition) is 6. The van der Waals surface area contributed by atoms with Crippen molar-refractivity contribution in [2.75, 3.05) is 13.2 Å². The first-order valence-corrected chi connectivity index (χ1v) is 4.81. The fourth-order valence-electron chi connectivity index (χ4n) is 0.780. The van der Waals surface area contributed by atoms with Gasteiger partial charge in [-0.05, 0) is 25.4 Å². The molecule has 1 rings (SSSR count). The Kier molecular flexibility index (Phi) is 4.51. The number of hydrogen-bond donors (Lipinski definition) is 1. The van der Waals surface area contributed by atoms with Gasteiger partial charge in [0.15, 0.2) is 0 Å². The van der Waals surface area contributed by atoms with Gasteiger partial charge in [-0.25, -0.2) is 0 Å². The van der Waals surface area contributed by atoms with Crippen LogP contribution in [-0.4, -0.2) is 39.4 Å². The summed E-state index contributed by atoms with van der Waals surface area (Å²) in [7, 11) is 0. The van der Waals surface area contributed by atoms with Gasteiger partial charge in [-0.2, -0.15) is 9.97 Å². The fourth-order valence-corrected chi connectivity index (χ4v) is 0.924. The summed E-state index contributed by atoms with van der Waals surface area (Å²) in [5.41, 5.74) is 0. The molecule has 0 fully saturated rings. The van der Waals surface area contributed by atoms with Crippen molar-refractivity contribution < 1.29 is 14.6 Å². The quantitative estimate of drug-likeness (QED) is 0.806. The van der Waals surface area contributed by atoms with Gasteiger partial charge in [0, 0.05) is 0 Å². The molecule has 0 radical (unpaired) electrons. The number of aliphatic hydroxyl groups excluding tert-OH is 1. The molecule has 1 aromatic rings. The molecule has 0 amide bonds. The number of aliphatic hydroxyl groups is 1. The van der Waals surface area contributed by atoms with E-state index in [1.165, 1.54) is 0 Å². The molecule has 0 aliphatic carbocycles. The molecule has 0 aliphatic rings. The smallest absolute Gasteiger partial charge is 0.324 e. The number of halogens is 1. The van der Waals surface area contributed by atoms with E-state index in [1.807, 2.05) is 13.8 Å². The predicted molar refractivity (Wildman–Crippen MR) is 53.2 cm³/mol. The van der Waals surface area contributed by atoms with Crippen molar-refractivity contribution in [3.05, 3.63) is 5.28 Å². The van der Waals surface area contributed by atoms with Crippen LogP contribution in [0.2, 0.25) is 5.28 Å². The van der Waals surface area contributed by atoms with Gasteiger partial charge < -0.3 is 14.6 Å². The second-order valence-corrected chi connectivity index (χ2v) is 3.25. The normalized spacial score (nSPS) is 10.5. The Balaban J connectivity index is 2.75. The summed E-state index contributed by atoms with van der Waals surface area (Å²) in [6.45, 7) is 3.66. The summed E-state index contributed by atoms with van der Waals surface area (Å²) in [6, 6.07) is 0.151. The summed E-state index contributed by atoms with van der Waals surface area (Å²) in [4.78, 5) is 11.3. The second-order valence-electron chi connectivity index (χ2n) is 2.91. The molecular formula is C8H12ClN3O3. The topological polar surface area (TPSA) is 77.4 Å². The van der Waals surface area contributed by atoms with E-state index in [0.717, 1.165) is 0 Å². The minimum Gasteiger partial charge on any atom is -0.461 e. The van der Waals surface area contributed by atoms with Crippen LogP contribution in [0.3, 0.4) is 0 Å². The second kappa shape index (κ2) is 5.67. The van der Waals surface area contributed by atoms with Gasteiger partial charge in [0.25, 0.3) is 0 Å². The zero-order valence-corrected chi connectivity index (χ0v) is 9.23. The van der Waals surface area contributed by atoms with Crippen molar-refractivity contribution in [1.82, 2.24) is 15.0 Å². The largest absolute Gasteiger partial charge is 0.461 e. The van der Waals surface area contributed by atoms with Gasteiger partial charge in [-0.3, -0.25) is 0 Å². The highest BCUT2D eigenvalue weighted by atomic mass is 35.5. The van der Waals surface area contributed by atoms with Crippen LogP contribution < -0.4 is 9.47 Å². The molecule has 0 spiro atoms. The highest BCUT2D eigenvalue weighted by Gasteiger charge is 2.08. The summed E-state index contributed by atoms with van der Waals surface area (Å²) in [5, 5.41) is 8.55. The molecule has 15 heavy (non-hydrogen) atoms. The van der Waals surface area contributed by atoms with Crippen molar-refractivity contribution in [1.29, 1.82) is 0 Å². The van der Waals surface area contributed by atoms with E-state index in [2.05, 4.69) is 15.0 Å². The summed E-state index contributed by atoms with van der Waals surface area (Å²) >= 11 is 5.63. The van der Waals surface area contributed by atoms with E-state index in [4.69, 9.17) is 26.2 Å². The molecule has 0 aromatic carbocycles. The van der Waals surface area contributed by atoms with Crippen molar-refractivity contribution >= 4 is 11.6 Å². The Morgan fingerprint density at radius 1 is 1.27 bits per heavy atom. The van der Waals surface area contributed by atoms with Gasteiger partial charge in [-0.15, -0.1) is 4.98 Å². The zero-order valence-electron chi connectivity index (χ0n) is 8.47. The predicted octanol–water partition coefficient (Wildman–Crippen LogP) is 0.683. The Labute approximate surface area is 92.2 Å². The number of ether oxygens (including phenoxy) is 2. The van der Waals surface area contributed by atoms with Gasteiger partial charge in [0.05, 0.1) is 12.7 Å². The van der Waals surface area contributed by atoms with E-state index in [0.29, 0.717) is 0 Å². The number of aromatic nitrogens is 3. The van der Waals surface area contributed by atoms with Crippen LogP contribution in [-0.2, 0) is 0 Å². The Bertz CT molecular complexity index is 322. The molecule has 1 N–H and O–H groups in total. The van der Waals surface area contributed by atoms with Crippen molar-refractivity contribution in [3.63, 3.8) is 0 Å². The van der Waals surface area contributed by atoms with Crippen molar-refractivity contribution in [2.24, 2.45) is 0 Å². The molecule has 7 heteroatoms.